The first-order valence-electron chi connectivity index (χ1n) is 4.05. The first-order valence-corrected chi connectivity index (χ1v) is 4.85. The summed E-state index contributed by atoms with van der Waals surface area (Å²) >= 11 is 2.83. The van der Waals surface area contributed by atoms with Gasteiger partial charge in [-0.3, -0.25) is 0 Å². The quantitative estimate of drug-likeness (QED) is 0.877. The molecule has 0 spiro atoms. The fourth-order valence-corrected chi connectivity index (χ4v) is 1.65. The highest BCUT2D eigenvalue weighted by molar-refractivity contribution is 9.10. The molecule has 1 aromatic carbocycles. The third-order valence-electron chi connectivity index (χ3n) is 1.83. The van der Waals surface area contributed by atoms with Gasteiger partial charge in [-0.05, 0) is 40.0 Å². The summed E-state index contributed by atoms with van der Waals surface area (Å²) in [4.78, 5) is 0. The lowest BCUT2D eigenvalue weighted by Crippen LogP contribution is -2.07. The number of phenols is 1. The molecule has 2 N–H and O–H groups in total. The number of phenolic OH excluding ortho intramolecular Hbond substituents is 1. The Labute approximate surface area is 92.5 Å². The van der Waals surface area contributed by atoms with E-state index in [-0.39, 0.29) is 17.5 Å². The van der Waals surface area contributed by atoms with Gasteiger partial charge in [0.15, 0.2) is 0 Å². The molecule has 0 fully saturated rings. The average Bonchev–Trinajstić information content (AvgIpc) is 2.09. The predicted molar refractivity (Wildman–Crippen MR) is 51.6 cm³/mol. The van der Waals surface area contributed by atoms with E-state index in [1.807, 2.05) is 0 Å². The Morgan fingerprint density at radius 2 is 1.87 bits per heavy atom. The third kappa shape index (κ3) is 2.85. The maximum Gasteiger partial charge on any atom is 0.420 e. The van der Waals surface area contributed by atoms with E-state index in [0.29, 0.717) is 5.56 Å². The Hall–Kier alpha value is -0.750. The summed E-state index contributed by atoms with van der Waals surface area (Å²) in [6.45, 7) is -0.242. The molecule has 0 heterocycles. The maximum atomic E-state index is 12.4. The van der Waals surface area contributed by atoms with Gasteiger partial charge in [0.1, 0.15) is 5.75 Å². The zero-order chi connectivity index (χ0) is 11.6. The lowest BCUT2D eigenvalue weighted by molar-refractivity contribution is -0.138. The Bertz CT molecular complexity index is 363. The number of hydrogen-bond donors (Lipinski definition) is 2. The average molecular weight is 285 g/mol. The normalized spacial score (nSPS) is 11.8. The summed E-state index contributed by atoms with van der Waals surface area (Å²) in [6, 6.07) is 2.18. The zero-order valence-electron chi connectivity index (χ0n) is 7.48. The van der Waals surface area contributed by atoms with Crippen LogP contribution in [-0.2, 0) is 12.6 Å². The molecule has 1 rings (SSSR count). The van der Waals surface area contributed by atoms with Crippen molar-refractivity contribution >= 4 is 15.9 Å². The van der Waals surface area contributed by atoms with E-state index in [1.54, 1.807) is 0 Å². The molecule has 0 aromatic heterocycles. The number of alkyl halides is 3. The van der Waals surface area contributed by atoms with Gasteiger partial charge in [-0.1, -0.05) is 0 Å². The Kier molecular flexibility index (Phi) is 3.62. The lowest BCUT2D eigenvalue weighted by Gasteiger charge is -2.12. The van der Waals surface area contributed by atoms with Crippen molar-refractivity contribution in [1.82, 2.24) is 0 Å². The van der Waals surface area contributed by atoms with E-state index in [1.165, 1.54) is 6.07 Å². The van der Waals surface area contributed by atoms with Crippen molar-refractivity contribution in [2.45, 2.75) is 12.6 Å². The molecule has 0 bridgehead atoms. The smallest absolute Gasteiger partial charge is 0.420 e. The summed E-state index contributed by atoms with van der Waals surface area (Å²) in [5, 5.41) is 17.8. The zero-order valence-corrected chi connectivity index (χ0v) is 9.06. The minimum absolute atomic E-state index is 0.0271. The largest absolute Gasteiger partial charge is 0.506 e. The van der Waals surface area contributed by atoms with Crippen LogP contribution in [0.3, 0.4) is 0 Å². The van der Waals surface area contributed by atoms with Crippen LogP contribution >= 0.6 is 15.9 Å². The van der Waals surface area contributed by atoms with Crippen molar-refractivity contribution < 1.29 is 23.4 Å². The molecule has 0 aliphatic rings. The molecule has 84 valence electrons. The first-order chi connectivity index (χ1) is 6.86. The Morgan fingerprint density at radius 3 is 2.33 bits per heavy atom. The second-order valence-electron chi connectivity index (χ2n) is 2.95. The molecule has 0 amide bonds. The maximum absolute atomic E-state index is 12.4. The third-order valence-corrected chi connectivity index (χ3v) is 2.43. The van der Waals surface area contributed by atoms with Crippen LogP contribution in [0.5, 0.6) is 5.75 Å². The van der Waals surface area contributed by atoms with Crippen molar-refractivity contribution in [1.29, 1.82) is 0 Å². The van der Waals surface area contributed by atoms with Crippen LogP contribution in [0.25, 0.3) is 0 Å². The van der Waals surface area contributed by atoms with Gasteiger partial charge in [0.2, 0.25) is 0 Å². The van der Waals surface area contributed by atoms with Crippen LogP contribution in [0.1, 0.15) is 11.1 Å². The summed E-state index contributed by atoms with van der Waals surface area (Å²) in [6.07, 6.45) is -4.49. The van der Waals surface area contributed by atoms with Gasteiger partial charge in [-0.25, -0.2) is 0 Å². The van der Waals surface area contributed by atoms with Gasteiger partial charge in [-0.15, -0.1) is 0 Å². The van der Waals surface area contributed by atoms with Gasteiger partial charge in [0.05, 0.1) is 10.0 Å². The highest BCUT2D eigenvalue weighted by atomic mass is 79.9. The van der Waals surface area contributed by atoms with Crippen LogP contribution in [0.15, 0.2) is 16.6 Å². The van der Waals surface area contributed by atoms with Crippen LogP contribution < -0.4 is 0 Å². The van der Waals surface area contributed by atoms with Crippen LogP contribution in [0.2, 0.25) is 0 Å². The van der Waals surface area contributed by atoms with E-state index < -0.39 is 17.5 Å². The van der Waals surface area contributed by atoms with E-state index in [2.05, 4.69) is 15.9 Å². The molecule has 0 aliphatic heterocycles. The second kappa shape index (κ2) is 4.40. The molecule has 6 heteroatoms. The number of aliphatic hydroxyl groups is 1. The monoisotopic (exact) mass is 284 g/mol. The molecule has 0 unspecified atom stereocenters. The second-order valence-corrected chi connectivity index (χ2v) is 3.80. The molecule has 0 saturated carbocycles. The summed E-state index contributed by atoms with van der Waals surface area (Å²) in [5.41, 5.74) is -0.783. The first kappa shape index (κ1) is 12.3. The molecule has 0 atom stereocenters. The number of aliphatic hydroxyl groups excluding tert-OH is 1. The minimum Gasteiger partial charge on any atom is -0.506 e. The number of halogens is 4. The van der Waals surface area contributed by atoms with Gasteiger partial charge >= 0.3 is 6.18 Å². The summed E-state index contributed by atoms with van der Waals surface area (Å²) in [7, 11) is 0. The van der Waals surface area contributed by atoms with E-state index >= 15 is 0 Å². The standard InChI is InChI=1S/C9H8BrF3O2/c10-7-4-5(1-2-14)3-6(8(7)15)9(11,12)13/h3-4,14-15H,1-2H2. The molecular formula is C9H8BrF3O2. The van der Waals surface area contributed by atoms with Gasteiger partial charge in [-0.2, -0.15) is 13.2 Å². The molecule has 0 radical (unpaired) electrons. The van der Waals surface area contributed by atoms with E-state index in [9.17, 15) is 18.3 Å². The Balaban J connectivity index is 3.25. The van der Waals surface area contributed by atoms with Crippen molar-refractivity contribution in [3.63, 3.8) is 0 Å². The van der Waals surface area contributed by atoms with E-state index in [4.69, 9.17) is 5.11 Å². The van der Waals surface area contributed by atoms with Crippen LogP contribution in [0.4, 0.5) is 13.2 Å². The summed E-state index contributed by atoms with van der Waals surface area (Å²) in [5.74, 6) is -0.829. The van der Waals surface area contributed by atoms with Gasteiger partial charge < -0.3 is 10.2 Å². The van der Waals surface area contributed by atoms with Crippen molar-refractivity contribution in [3.05, 3.63) is 27.7 Å². The highest BCUT2D eigenvalue weighted by Crippen LogP contribution is 2.40. The molecule has 0 saturated heterocycles. The molecule has 1 aromatic rings. The van der Waals surface area contributed by atoms with E-state index in [0.717, 1.165) is 6.07 Å². The number of benzene rings is 1. The minimum atomic E-state index is -4.60. The Morgan fingerprint density at radius 1 is 1.27 bits per heavy atom. The predicted octanol–water partition coefficient (Wildman–Crippen LogP) is 2.71. The van der Waals surface area contributed by atoms with Crippen molar-refractivity contribution in [2.24, 2.45) is 0 Å². The SMILES string of the molecule is OCCc1cc(Br)c(O)c(C(F)(F)F)c1. The van der Waals surface area contributed by atoms with Crippen LogP contribution in [0, 0.1) is 0 Å². The van der Waals surface area contributed by atoms with Crippen LogP contribution in [-0.4, -0.2) is 16.8 Å². The fraction of sp³-hybridized carbons (Fsp3) is 0.333. The molecule has 15 heavy (non-hydrogen) atoms. The molecule has 0 aliphatic carbocycles. The topological polar surface area (TPSA) is 40.5 Å². The number of rotatable bonds is 2. The number of aromatic hydroxyl groups is 1. The molecule has 2 nitrogen and oxygen atoms in total. The van der Waals surface area contributed by atoms with Crippen molar-refractivity contribution in [2.75, 3.05) is 6.61 Å². The van der Waals surface area contributed by atoms with Gasteiger partial charge in [0, 0.05) is 6.61 Å². The number of hydrogen-bond acceptors (Lipinski definition) is 2. The molecular weight excluding hydrogens is 277 g/mol. The van der Waals surface area contributed by atoms with Gasteiger partial charge in [0.25, 0.3) is 0 Å². The summed E-state index contributed by atoms with van der Waals surface area (Å²) < 4.78 is 37.2. The van der Waals surface area contributed by atoms with Crippen molar-refractivity contribution in [3.8, 4) is 5.75 Å². The lowest BCUT2D eigenvalue weighted by atomic mass is 10.1. The fourth-order valence-electron chi connectivity index (χ4n) is 1.14. The highest BCUT2D eigenvalue weighted by Gasteiger charge is 2.35.